The Morgan fingerprint density at radius 3 is 2.65 bits per heavy atom. The van der Waals surface area contributed by atoms with Gasteiger partial charge in [-0.2, -0.15) is 0 Å². The quantitative estimate of drug-likeness (QED) is 0.861. The minimum absolute atomic E-state index is 0.0666. The lowest BCUT2D eigenvalue weighted by Gasteiger charge is -2.24. The Morgan fingerprint density at radius 2 is 2.00 bits per heavy atom. The van der Waals surface area contributed by atoms with Crippen LogP contribution in [-0.2, 0) is 4.79 Å². The summed E-state index contributed by atoms with van der Waals surface area (Å²) in [6, 6.07) is 5.38. The molecule has 0 bridgehead atoms. The number of carboxylic acids is 1. The number of carboxylic acid groups (broad SMARTS) is 1. The molecule has 1 aromatic rings. The van der Waals surface area contributed by atoms with Crippen LogP contribution in [0.4, 0.5) is 0 Å². The standard InChI is InChI=1S/C15H19NO4/c1-9(15(17)18)16-14(10-2-3-10)11-4-5-12-13(8-11)20-7-6-19-12/h4-5,8-10,14,16H,2-3,6-7H2,1H3,(H,17,18). The molecule has 2 aliphatic rings. The van der Waals surface area contributed by atoms with Crippen LogP contribution in [0.2, 0.25) is 0 Å². The molecule has 2 N–H and O–H groups in total. The summed E-state index contributed by atoms with van der Waals surface area (Å²) in [7, 11) is 0. The number of nitrogens with one attached hydrogen (secondary N) is 1. The van der Waals surface area contributed by atoms with Gasteiger partial charge < -0.3 is 14.6 Å². The van der Waals surface area contributed by atoms with Crippen LogP contribution in [0.3, 0.4) is 0 Å². The van der Waals surface area contributed by atoms with Crippen LogP contribution in [0.15, 0.2) is 18.2 Å². The van der Waals surface area contributed by atoms with E-state index in [1.807, 2.05) is 18.2 Å². The molecule has 0 amide bonds. The molecule has 5 nitrogen and oxygen atoms in total. The van der Waals surface area contributed by atoms with Crippen LogP contribution >= 0.6 is 0 Å². The van der Waals surface area contributed by atoms with Crippen molar-refractivity contribution < 1.29 is 19.4 Å². The minimum atomic E-state index is -0.826. The molecule has 1 fully saturated rings. The van der Waals surface area contributed by atoms with E-state index in [9.17, 15) is 4.79 Å². The van der Waals surface area contributed by atoms with Gasteiger partial charge in [-0.25, -0.2) is 0 Å². The average molecular weight is 277 g/mol. The van der Waals surface area contributed by atoms with Gasteiger partial charge in [-0.15, -0.1) is 0 Å². The molecule has 1 saturated carbocycles. The Balaban J connectivity index is 1.82. The maximum absolute atomic E-state index is 11.0. The first kappa shape index (κ1) is 13.2. The lowest BCUT2D eigenvalue weighted by molar-refractivity contribution is -0.139. The lowest BCUT2D eigenvalue weighted by atomic mass is 10.0. The second-order valence-electron chi connectivity index (χ2n) is 5.44. The molecule has 0 saturated heterocycles. The van der Waals surface area contributed by atoms with Gasteiger partial charge in [-0.1, -0.05) is 6.07 Å². The molecular formula is C15H19NO4. The van der Waals surface area contributed by atoms with Crippen molar-refractivity contribution in [3.63, 3.8) is 0 Å². The second-order valence-corrected chi connectivity index (χ2v) is 5.44. The number of hydrogen-bond donors (Lipinski definition) is 2. The first-order valence-corrected chi connectivity index (χ1v) is 7.03. The summed E-state index contributed by atoms with van der Waals surface area (Å²) in [5.74, 6) is 1.21. The van der Waals surface area contributed by atoms with Gasteiger partial charge in [0.1, 0.15) is 19.3 Å². The van der Waals surface area contributed by atoms with Crippen molar-refractivity contribution in [2.45, 2.75) is 31.8 Å². The third-order valence-corrected chi connectivity index (χ3v) is 3.82. The third-order valence-electron chi connectivity index (χ3n) is 3.82. The van der Waals surface area contributed by atoms with Gasteiger partial charge in [0.15, 0.2) is 11.5 Å². The van der Waals surface area contributed by atoms with E-state index in [4.69, 9.17) is 14.6 Å². The molecule has 20 heavy (non-hydrogen) atoms. The number of rotatable bonds is 5. The molecule has 2 atom stereocenters. The predicted molar refractivity (Wildman–Crippen MR) is 73.1 cm³/mol. The summed E-state index contributed by atoms with van der Waals surface area (Å²) < 4.78 is 11.1. The fraction of sp³-hybridized carbons (Fsp3) is 0.533. The topological polar surface area (TPSA) is 67.8 Å². The normalized spacial score (nSPS) is 20.2. The predicted octanol–water partition coefficient (Wildman–Crippen LogP) is 1.97. The fourth-order valence-electron chi connectivity index (χ4n) is 2.53. The number of aliphatic carboxylic acids is 1. The Labute approximate surface area is 117 Å². The van der Waals surface area contributed by atoms with Crippen LogP contribution in [0.5, 0.6) is 11.5 Å². The van der Waals surface area contributed by atoms with Crippen LogP contribution < -0.4 is 14.8 Å². The molecule has 2 unspecified atom stereocenters. The van der Waals surface area contributed by atoms with Crippen molar-refractivity contribution in [1.82, 2.24) is 5.32 Å². The number of fused-ring (bicyclic) bond motifs is 1. The molecule has 0 aromatic heterocycles. The van der Waals surface area contributed by atoms with Gasteiger partial charge in [0.05, 0.1) is 0 Å². The maximum atomic E-state index is 11.0. The van der Waals surface area contributed by atoms with E-state index in [0.29, 0.717) is 19.1 Å². The SMILES string of the molecule is CC(NC(c1ccc2c(c1)OCCO2)C1CC1)C(=O)O. The van der Waals surface area contributed by atoms with Crippen LogP contribution in [0.1, 0.15) is 31.4 Å². The molecule has 1 heterocycles. The first-order valence-electron chi connectivity index (χ1n) is 7.03. The van der Waals surface area contributed by atoms with E-state index >= 15 is 0 Å². The summed E-state index contributed by atoms with van der Waals surface area (Å²) in [4.78, 5) is 11.0. The van der Waals surface area contributed by atoms with Gasteiger partial charge in [0.2, 0.25) is 0 Å². The number of hydrogen-bond acceptors (Lipinski definition) is 4. The van der Waals surface area contributed by atoms with Crippen LogP contribution in [0.25, 0.3) is 0 Å². The zero-order chi connectivity index (χ0) is 14.1. The van der Waals surface area contributed by atoms with Crippen LogP contribution in [-0.4, -0.2) is 30.3 Å². The lowest BCUT2D eigenvalue weighted by Crippen LogP contribution is -2.37. The molecule has 1 aliphatic heterocycles. The molecule has 108 valence electrons. The zero-order valence-electron chi connectivity index (χ0n) is 11.5. The summed E-state index contributed by atoms with van der Waals surface area (Å²) >= 11 is 0. The van der Waals surface area contributed by atoms with Crippen molar-refractivity contribution in [2.24, 2.45) is 5.92 Å². The molecule has 1 aliphatic carbocycles. The number of ether oxygens (including phenoxy) is 2. The highest BCUT2D eigenvalue weighted by molar-refractivity contribution is 5.73. The third kappa shape index (κ3) is 2.72. The fourth-order valence-corrected chi connectivity index (χ4v) is 2.53. The van der Waals surface area contributed by atoms with Gasteiger partial charge in [0, 0.05) is 6.04 Å². The zero-order valence-corrected chi connectivity index (χ0v) is 11.5. The van der Waals surface area contributed by atoms with E-state index in [-0.39, 0.29) is 6.04 Å². The Morgan fingerprint density at radius 1 is 1.30 bits per heavy atom. The Hall–Kier alpha value is -1.75. The van der Waals surface area contributed by atoms with E-state index in [1.165, 1.54) is 0 Å². The Kier molecular flexibility index (Phi) is 3.53. The van der Waals surface area contributed by atoms with E-state index in [0.717, 1.165) is 29.9 Å². The largest absolute Gasteiger partial charge is 0.486 e. The minimum Gasteiger partial charge on any atom is -0.486 e. The second kappa shape index (κ2) is 5.32. The molecule has 1 aromatic carbocycles. The van der Waals surface area contributed by atoms with E-state index < -0.39 is 12.0 Å². The number of carbonyl (C=O) groups is 1. The number of benzene rings is 1. The summed E-state index contributed by atoms with van der Waals surface area (Å²) in [5, 5.41) is 12.3. The Bertz CT molecular complexity index is 513. The van der Waals surface area contributed by atoms with Gasteiger partial charge >= 0.3 is 5.97 Å². The molecule has 0 radical (unpaired) electrons. The van der Waals surface area contributed by atoms with Crippen molar-refractivity contribution in [2.75, 3.05) is 13.2 Å². The van der Waals surface area contributed by atoms with Gasteiger partial charge in [0.25, 0.3) is 0 Å². The highest BCUT2D eigenvalue weighted by atomic mass is 16.6. The summed E-state index contributed by atoms with van der Waals surface area (Å²) in [5.41, 5.74) is 1.07. The maximum Gasteiger partial charge on any atom is 0.320 e. The summed E-state index contributed by atoms with van der Waals surface area (Å²) in [6.07, 6.45) is 2.27. The molecule has 0 spiro atoms. The van der Waals surface area contributed by atoms with Crippen molar-refractivity contribution >= 4 is 5.97 Å². The summed E-state index contributed by atoms with van der Waals surface area (Å²) in [6.45, 7) is 2.81. The first-order chi connectivity index (χ1) is 9.65. The van der Waals surface area contributed by atoms with Crippen molar-refractivity contribution in [3.05, 3.63) is 23.8 Å². The van der Waals surface area contributed by atoms with E-state index in [1.54, 1.807) is 6.92 Å². The van der Waals surface area contributed by atoms with Crippen molar-refractivity contribution in [1.29, 1.82) is 0 Å². The van der Waals surface area contributed by atoms with Crippen LogP contribution in [0, 0.1) is 5.92 Å². The van der Waals surface area contributed by atoms with Gasteiger partial charge in [-0.05, 0) is 43.4 Å². The smallest absolute Gasteiger partial charge is 0.320 e. The van der Waals surface area contributed by atoms with Crippen molar-refractivity contribution in [3.8, 4) is 11.5 Å². The highest BCUT2D eigenvalue weighted by Crippen LogP contribution is 2.43. The van der Waals surface area contributed by atoms with E-state index in [2.05, 4.69) is 5.32 Å². The molecule has 5 heteroatoms. The molecular weight excluding hydrogens is 258 g/mol. The monoisotopic (exact) mass is 277 g/mol. The molecule has 3 rings (SSSR count). The average Bonchev–Trinajstić information content (AvgIpc) is 3.28. The van der Waals surface area contributed by atoms with Gasteiger partial charge in [-0.3, -0.25) is 10.1 Å². The highest BCUT2D eigenvalue weighted by Gasteiger charge is 2.34.